The van der Waals surface area contributed by atoms with Gasteiger partial charge in [-0.25, -0.2) is 0 Å². The number of thiophene rings is 1. The number of rotatable bonds is 1. The Hall–Kier alpha value is -0.870. The molecule has 0 bridgehead atoms. The third-order valence-electron chi connectivity index (χ3n) is 3.81. The van der Waals surface area contributed by atoms with E-state index in [4.69, 9.17) is 0 Å². The number of nitrogens with zero attached hydrogens (tertiary/aromatic N) is 1. The summed E-state index contributed by atoms with van der Waals surface area (Å²) < 4.78 is 0. The molecule has 1 N–H and O–H groups in total. The summed E-state index contributed by atoms with van der Waals surface area (Å²) in [6.07, 6.45) is 3.06. The summed E-state index contributed by atoms with van der Waals surface area (Å²) in [4.78, 5) is 15.9. The minimum Gasteiger partial charge on any atom is -0.338 e. The molecular formula is C13H18N2OS. The molecule has 1 fully saturated rings. The lowest BCUT2D eigenvalue weighted by Crippen LogP contribution is -2.42. The first-order valence-corrected chi connectivity index (χ1v) is 7.27. The molecule has 2 aliphatic heterocycles. The normalized spacial score (nSPS) is 21.3. The molecule has 1 saturated heterocycles. The third kappa shape index (κ3) is 2.24. The van der Waals surface area contributed by atoms with E-state index in [1.54, 1.807) is 0 Å². The standard InChI is InChI=1S/C13H18N2OS/c16-13(10-1-5-14-6-2-10)15-7-3-12-11(9-15)4-8-17-12/h4,8,10,14H,1-3,5-7,9H2. The Balaban J connectivity index is 1.67. The van der Waals surface area contributed by atoms with Gasteiger partial charge in [0, 0.05) is 23.9 Å². The van der Waals surface area contributed by atoms with E-state index in [1.165, 1.54) is 10.4 Å². The maximum atomic E-state index is 12.4. The second-order valence-corrected chi connectivity index (χ2v) is 5.90. The molecule has 3 heterocycles. The summed E-state index contributed by atoms with van der Waals surface area (Å²) >= 11 is 1.83. The number of hydrogen-bond donors (Lipinski definition) is 1. The van der Waals surface area contributed by atoms with Gasteiger partial charge in [0.1, 0.15) is 0 Å². The van der Waals surface area contributed by atoms with Gasteiger partial charge in [-0.3, -0.25) is 4.79 Å². The lowest BCUT2D eigenvalue weighted by molar-refractivity contribution is -0.137. The second kappa shape index (κ2) is 4.78. The monoisotopic (exact) mass is 250 g/mol. The molecule has 0 atom stereocenters. The van der Waals surface area contributed by atoms with E-state index in [0.29, 0.717) is 5.91 Å². The maximum Gasteiger partial charge on any atom is 0.226 e. The van der Waals surface area contributed by atoms with Gasteiger partial charge in [-0.15, -0.1) is 11.3 Å². The fourth-order valence-electron chi connectivity index (χ4n) is 2.76. The van der Waals surface area contributed by atoms with Gasteiger partial charge in [0.2, 0.25) is 5.91 Å². The van der Waals surface area contributed by atoms with Crippen molar-refractivity contribution < 1.29 is 4.79 Å². The van der Waals surface area contributed by atoms with Crippen LogP contribution in [0.5, 0.6) is 0 Å². The lowest BCUT2D eigenvalue weighted by Gasteiger charge is -2.32. The van der Waals surface area contributed by atoms with Crippen molar-refractivity contribution in [3.8, 4) is 0 Å². The first-order chi connectivity index (χ1) is 8.34. The van der Waals surface area contributed by atoms with Gasteiger partial charge in [0.15, 0.2) is 0 Å². The summed E-state index contributed by atoms with van der Waals surface area (Å²) in [6.45, 7) is 3.74. The summed E-state index contributed by atoms with van der Waals surface area (Å²) in [5, 5.41) is 5.46. The molecule has 4 heteroatoms. The van der Waals surface area contributed by atoms with E-state index in [0.717, 1.165) is 45.4 Å². The Morgan fingerprint density at radius 1 is 1.41 bits per heavy atom. The first-order valence-electron chi connectivity index (χ1n) is 6.39. The number of hydrogen-bond acceptors (Lipinski definition) is 3. The predicted octanol–water partition coefficient (Wildman–Crippen LogP) is 1.63. The Morgan fingerprint density at radius 2 is 2.24 bits per heavy atom. The van der Waals surface area contributed by atoms with E-state index in [9.17, 15) is 4.79 Å². The number of carbonyl (C=O) groups excluding carboxylic acids is 1. The van der Waals surface area contributed by atoms with Crippen molar-refractivity contribution in [1.82, 2.24) is 10.2 Å². The van der Waals surface area contributed by atoms with Crippen LogP contribution in [0.1, 0.15) is 23.3 Å². The minimum atomic E-state index is 0.261. The topological polar surface area (TPSA) is 32.3 Å². The van der Waals surface area contributed by atoms with Crippen LogP contribution >= 0.6 is 11.3 Å². The van der Waals surface area contributed by atoms with Gasteiger partial charge in [0.25, 0.3) is 0 Å². The number of fused-ring (bicyclic) bond motifs is 1. The second-order valence-electron chi connectivity index (χ2n) is 4.90. The van der Waals surface area contributed by atoms with Crippen molar-refractivity contribution in [1.29, 1.82) is 0 Å². The van der Waals surface area contributed by atoms with Crippen LogP contribution in [0, 0.1) is 5.92 Å². The zero-order valence-corrected chi connectivity index (χ0v) is 10.8. The van der Waals surface area contributed by atoms with Gasteiger partial charge in [-0.05, 0) is 49.4 Å². The van der Waals surface area contributed by atoms with E-state index < -0.39 is 0 Å². The van der Waals surface area contributed by atoms with Gasteiger partial charge in [-0.2, -0.15) is 0 Å². The summed E-state index contributed by atoms with van der Waals surface area (Å²) in [5.74, 6) is 0.639. The first kappa shape index (κ1) is 11.2. The van der Waals surface area contributed by atoms with Crippen molar-refractivity contribution in [2.45, 2.75) is 25.8 Å². The van der Waals surface area contributed by atoms with Crippen molar-refractivity contribution in [2.75, 3.05) is 19.6 Å². The Morgan fingerprint density at radius 3 is 3.06 bits per heavy atom. The zero-order chi connectivity index (χ0) is 11.7. The van der Waals surface area contributed by atoms with Crippen LogP contribution in [-0.4, -0.2) is 30.4 Å². The molecule has 0 unspecified atom stereocenters. The SMILES string of the molecule is O=C(C1CCNCC1)N1CCc2sccc2C1. The molecule has 1 aromatic rings. The smallest absolute Gasteiger partial charge is 0.226 e. The van der Waals surface area contributed by atoms with Crippen LogP contribution in [0.2, 0.25) is 0 Å². The summed E-state index contributed by atoms with van der Waals surface area (Å²) in [7, 11) is 0. The van der Waals surface area contributed by atoms with Crippen LogP contribution in [0.15, 0.2) is 11.4 Å². The highest BCUT2D eigenvalue weighted by Crippen LogP contribution is 2.26. The van der Waals surface area contributed by atoms with Gasteiger partial charge < -0.3 is 10.2 Å². The third-order valence-corrected chi connectivity index (χ3v) is 4.83. The average molecular weight is 250 g/mol. The molecule has 0 saturated carbocycles. The van der Waals surface area contributed by atoms with E-state index in [-0.39, 0.29) is 5.92 Å². The Labute approximate surface area is 106 Å². The van der Waals surface area contributed by atoms with E-state index in [1.807, 2.05) is 11.3 Å². The minimum absolute atomic E-state index is 0.261. The van der Waals surface area contributed by atoms with Crippen LogP contribution < -0.4 is 5.32 Å². The highest BCUT2D eigenvalue weighted by Gasteiger charge is 2.28. The highest BCUT2D eigenvalue weighted by atomic mass is 32.1. The van der Waals surface area contributed by atoms with Crippen LogP contribution in [0.3, 0.4) is 0 Å². The zero-order valence-electron chi connectivity index (χ0n) is 9.95. The van der Waals surface area contributed by atoms with Gasteiger partial charge >= 0.3 is 0 Å². The lowest BCUT2D eigenvalue weighted by atomic mass is 9.95. The van der Waals surface area contributed by atoms with Crippen LogP contribution in [0.4, 0.5) is 0 Å². The van der Waals surface area contributed by atoms with E-state index in [2.05, 4.69) is 21.7 Å². The van der Waals surface area contributed by atoms with Crippen molar-refractivity contribution in [3.05, 3.63) is 21.9 Å². The van der Waals surface area contributed by atoms with Crippen LogP contribution in [-0.2, 0) is 17.8 Å². The predicted molar refractivity (Wildman–Crippen MR) is 69.0 cm³/mol. The molecular weight excluding hydrogens is 232 g/mol. The quantitative estimate of drug-likeness (QED) is 0.821. The molecule has 0 spiro atoms. The molecule has 3 rings (SSSR count). The van der Waals surface area contributed by atoms with Gasteiger partial charge in [-0.1, -0.05) is 0 Å². The van der Waals surface area contributed by atoms with Crippen molar-refractivity contribution in [2.24, 2.45) is 5.92 Å². The summed E-state index contributed by atoms with van der Waals surface area (Å²) in [6, 6.07) is 2.17. The molecule has 0 radical (unpaired) electrons. The maximum absolute atomic E-state index is 12.4. The molecule has 1 aromatic heterocycles. The largest absolute Gasteiger partial charge is 0.338 e. The van der Waals surface area contributed by atoms with E-state index >= 15 is 0 Å². The summed E-state index contributed by atoms with van der Waals surface area (Å²) in [5.41, 5.74) is 1.36. The fourth-order valence-corrected chi connectivity index (χ4v) is 3.65. The van der Waals surface area contributed by atoms with Gasteiger partial charge in [0.05, 0.1) is 0 Å². The molecule has 2 aliphatic rings. The van der Waals surface area contributed by atoms with Crippen LogP contribution in [0.25, 0.3) is 0 Å². The number of carbonyl (C=O) groups is 1. The van der Waals surface area contributed by atoms with Crippen molar-refractivity contribution in [3.63, 3.8) is 0 Å². The Bertz CT molecular complexity index is 409. The number of piperidine rings is 1. The molecule has 0 aromatic carbocycles. The van der Waals surface area contributed by atoms with Crippen molar-refractivity contribution >= 4 is 17.2 Å². The highest BCUT2D eigenvalue weighted by molar-refractivity contribution is 7.10. The average Bonchev–Trinajstić information content (AvgIpc) is 2.86. The number of amides is 1. The molecule has 3 nitrogen and oxygen atoms in total. The fraction of sp³-hybridized carbons (Fsp3) is 0.615. The number of nitrogens with one attached hydrogen (secondary N) is 1. The molecule has 0 aliphatic carbocycles. The Kier molecular flexibility index (Phi) is 3.16. The molecule has 1 amide bonds. The molecule has 17 heavy (non-hydrogen) atoms. The molecule has 92 valence electrons.